The van der Waals surface area contributed by atoms with Crippen molar-refractivity contribution < 1.29 is 9.47 Å². The Bertz CT molecular complexity index is 506. The summed E-state index contributed by atoms with van der Waals surface area (Å²) in [5, 5.41) is 0. The predicted octanol–water partition coefficient (Wildman–Crippen LogP) is 3.38. The van der Waals surface area contributed by atoms with E-state index in [2.05, 4.69) is 0 Å². The van der Waals surface area contributed by atoms with Crippen LogP contribution in [0.3, 0.4) is 0 Å². The van der Waals surface area contributed by atoms with Gasteiger partial charge in [0.2, 0.25) is 0 Å². The van der Waals surface area contributed by atoms with E-state index in [9.17, 15) is 0 Å². The molecule has 3 heteroatoms. The molecule has 0 fully saturated rings. The van der Waals surface area contributed by atoms with Crippen molar-refractivity contribution in [2.45, 2.75) is 6.92 Å². The van der Waals surface area contributed by atoms with E-state index in [1.54, 1.807) is 13.2 Å². The Morgan fingerprint density at radius 3 is 2.24 bits per heavy atom. The predicted molar refractivity (Wildman–Crippen MR) is 68.7 cm³/mol. The number of benzene rings is 2. The first-order chi connectivity index (χ1) is 8.20. The van der Waals surface area contributed by atoms with E-state index in [0.717, 1.165) is 5.75 Å². The molecule has 0 spiro atoms. The van der Waals surface area contributed by atoms with Gasteiger partial charge in [0, 0.05) is 0 Å². The Labute approximate surface area is 101 Å². The van der Waals surface area contributed by atoms with Gasteiger partial charge in [0.15, 0.2) is 5.75 Å². The zero-order chi connectivity index (χ0) is 12.3. The highest BCUT2D eigenvalue weighted by Gasteiger charge is 2.06. The highest BCUT2D eigenvalue weighted by molar-refractivity contribution is 5.63. The van der Waals surface area contributed by atoms with Crippen LogP contribution in [-0.2, 0) is 0 Å². The van der Waals surface area contributed by atoms with Gasteiger partial charge in [-0.05, 0) is 31.2 Å². The van der Waals surface area contributed by atoms with Gasteiger partial charge in [-0.25, -0.2) is 0 Å². The summed E-state index contributed by atoms with van der Waals surface area (Å²) in [6.07, 6.45) is 0. The van der Waals surface area contributed by atoms with Gasteiger partial charge in [0.25, 0.3) is 0 Å². The van der Waals surface area contributed by atoms with Crippen LogP contribution < -0.4 is 15.2 Å². The van der Waals surface area contributed by atoms with Crippen LogP contribution in [0.4, 0.5) is 5.69 Å². The highest BCUT2D eigenvalue weighted by atomic mass is 16.5. The van der Waals surface area contributed by atoms with Crippen molar-refractivity contribution >= 4 is 5.69 Å². The van der Waals surface area contributed by atoms with Crippen molar-refractivity contribution in [1.82, 2.24) is 0 Å². The topological polar surface area (TPSA) is 44.5 Å². The molecule has 0 aromatic heterocycles. The minimum Gasteiger partial charge on any atom is -0.494 e. The van der Waals surface area contributed by atoms with Gasteiger partial charge in [0.1, 0.15) is 17.2 Å². The van der Waals surface area contributed by atoms with Crippen LogP contribution in [0.1, 0.15) is 5.56 Å². The van der Waals surface area contributed by atoms with Gasteiger partial charge in [-0.2, -0.15) is 0 Å². The molecule has 2 rings (SSSR count). The fourth-order valence-corrected chi connectivity index (χ4v) is 1.52. The molecule has 17 heavy (non-hydrogen) atoms. The molecule has 88 valence electrons. The van der Waals surface area contributed by atoms with Crippen molar-refractivity contribution in [2.24, 2.45) is 0 Å². The standard InChI is InChI=1S/C14H15NO2/c1-10-6-8-11(9-7-10)17-13-5-3-4-12(16-2)14(13)15/h3-9H,15H2,1-2H3. The Morgan fingerprint density at radius 1 is 0.941 bits per heavy atom. The number of methoxy groups -OCH3 is 1. The summed E-state index contributed by atoms with van der Waals surface area (Å²) in [4.78, 5) is 0. The number of rotatable bonds is 3. The molecule has 2 aromatic rings. The van der Waals surface area contributed by atoms with Crippen LogP contribution >= 0.6 is 0 Å². The van der Waals surface area contributed by atoms with E-state index in [4.69, 9.17) is 15.2 Å². The van der Waals surface area contributed by atoms with E-state index in [-0.39, 0.29) is 0 Å². The average molecular weight is 229 g/mol. The number of nitrogens with two attached hydrogens (primary N) is 1. The minimum absolute atomic E-state index is 0.510. The van der Waals surface area contributed by atoms with Crippen molar-refractivity contribution in [3.63, 3.8) is 0 Å². The molecule has 0 aliphatic carbocycles. The second-order valence-corrected chi connectivity index (χ2v) is 3.79. The first kappa shape index (κ1) is 11.3. The Morgan fingerprint density at radius 2 is 1.59 bits per heavy atom. The van der Waals surface area contributed by atoms with Gasteiger partial charge in [-0.3, -0.25) is 0 Å². The molecular formula is C14H15NO2. The van der Waals surface area contributed by atoms with Gasteiger partial charge >= 0.3 is 0 Å². The molecule has 0 aliphatic heterocycles. The maximum absolute atomic E-state index is 5.92. The third-order valence-corrected chi connectivity index (χ3v) is 2.49. The molecule has 0 aliphatic rings. The fraction of sp³-hybridized carbons (Fsp3) is 0.143. The molecule has 3 nitrogen and oxygen atoms in total. The minimum atomic E-state index is 0.510. The quantitative estimate of drug-likeness (QED) is 0.820. The molecule has 2 aromatic carbocycles. The number of anilines is 1. The van der Waals surface area contributed by atoms with Crippen LogP contribution in [0.5, 0.6) is 17.2 Å². The summed E-state index contributed by atoms with van der Waals surface area (Å²) in [7, 11) is 1.58. The SMILES string of the molecule is COc1cccc(Oc2ccc(C)cc2)c1N. The molecule has 0 bridgehead atoms. The molecule has 0 amide bonds. The molecule has 0 radical (unpaired) electrons. The Hall–Kier alpha value is -2.16. The number of aryl methyl sites for hydroxylation is 1. The van der Waals surface area contributed by atoms with E-state index in [1.807, 2.05) is 43.3 Å². The lowest BCUT2D eigenvalue weighted by atomic mass is 10.2. The maximum Gasteiger partial charge on any atom is 0.154 e. The molecule has 0 heterocycles. The fourth-order valence-electron chi connectivity index (χ4n) is 1.52. The zero-order valence-corrected chi connectivity index (χ0v) is 9.94. The summed E-state index contributed by atoms with van der Waals surface area (Å²) in [6.45, 7) is 2.03. The maximum atomic E-state index is 5.92. The lowest BCUT2D eigenvalue weighted by molar-refractivity contribution is 0.412. The van der Waals surface area contributed by atoms with Gasteiger partial charge in [-0.15, -0.1) is 0 Å². The normalized spacial score (nSPS) is 10.0. The number of hydrogen-bond acceptors (Lipinski definition) is 3. The van der Waals surface area contributed by atoms with Crippen LogP contribution in [0.2, 0.25) is 0 Å². The van der Waals surface area contributed by atoms with Crippen LogP contribution in [-0.4, -0.2) is 7.11 Å². The highest BCUT2D eigenvalue weighted by Crippen LogP contribution is 2.34. The number of ether oxygens (including phenoxy) is 2. The monoisotopic (exact) mass is 229 g/mol. The average Bonchev–Trinajstić information content (AvgIpc) is 2.35. The van der Waals surface area contributed by atoms with Crippen LogP contribution in [0.15, 0.2) is 42.5 Å². The Balaban J connectivity index is 2.27. The lowest BCUT2D eigenvalue weighted by Gasteiger charge is -2.11. The first-order valence-electron chi connectivity index (χ1n) is 5.37. The molecule has 0 atom stereocenters. The van der Waals surface area contributed by atoms with Crippen molar-refractivity contribution in [1.29, 1.82) is 0 Å². The summed E-state index contributed by atoms with van der Waals surface area (Å²) in [6, 6.07) is 13.3. The van der Waals surface area contributed by atoms with Crippen molar-refractivity contribution in [3.8, 4) is 17.2 Å². The lowest BCUT2D eigenvalue weighted by Crippen LogP contribution is -1.95. The largest absolute Gasteiger partial charge is 0.494 e. The summed E-state index contributed by atoms with van der Waals surface area (Å²) < 4.78 is 10.8. The zero-order valence-electron chi connectivity index (χ0n) is 9.94. The van der Waals surface area contributed by atoms with E-state index < -0.39 is 0 Å². The molecular weight excluding hydrogens is 214 g/mol. The molecule has 0 unspecified atom stereocenters. The summed E-state index contributed by atoms with van der Waals surface area (Å²) >= 11 is 0. The smallest absolute Gasteiger partial charge is 0.154 e. The summed E-state index contributed by atoms with van der Waals surface area (Å²) in [5.41, 5.74) is 7.62. The van der Waals surface area contributed by atoms with Crippen molar-refractivity contribution in [3.05, 3.63) is 48.0 Å². The first-order valence-corrected chi connectivity index (χ1v) is 5.37. The van der Waals surface area contributed by atoms with E-state index in [1.165, 1.54) is 5.56 Å². The van der Waals surface area contributed by atoms with Gasteiger partial charge in [0.05, 0.1) is 7.11 Å². The van der Waals surface area contributed by atoms with Crippen molar-refractivity contribution in [2.75, 3.05) is 12.8 Å². The van der Waals surface area contributed by atoms with Crippen LogP contribution in [0.25, 0.3) is 0 Å². The molecule has 0 saturated heterocycles. The van der Waals surface area contributed by atoms with Crippen LogP contribution in [0, 0.1) is 6.92 Å². The second-order valence-electron chi connectivity index (χ2n) is 3.79. The van der Waals surface area contributed by atoms with Gasteiger partial charge in [-0.1, -0.05) is 23.8 Å². The summed E-state index contributed by atoms with van der Waals surface area (Å²) in [5.74, 6) is 1.98. The van der Waals surface area contributed by atoms with E-state index in [0.29, 0.717) is 17.2 Å². The molecule has 2 N–H and O–H groups in total. The number of hydrogen-bond donors (Lipinski definition) is 1. The van der Waals surface area contributed by atoms with E-state index >= 15 is 0 Å². The third kappa shape index (κ3) is 2.50. The second kappa shape index (κ2) is 4.78. The number of para-hydroxylation sites is 1. The Kier molecular flexibility index (Phi) is 3.19. The third-order valence-electron chi connectivity index (χ3n) is 2.49. The van der Waals surface area contributed by atoms with Gasteiger partial charge < -0.3 is 15.2 Å². The molecule has 0 saturated carbocycles. The number of nitrogen functional groups attached to an aromatic ring is 1.